The molecular formula is C17H35N3O3. The van der Waals surface area contributed by atoms with E-state index in [2.05, 4.69) is 31.4 Å². The Kier molecular flexibility index (Phi) is 10.2. The van der Waals surface area contributed by atoms with Gasteiger partial charge in [-0.15, -0.1) is 0 Å². The minimum atomic E-state index is -0.180. The van der Waals surface area contributed by atoms with Gasteiger partial charge in [-0.25, -0.2) is 0 Å². The van der Waals surface area contributed by atoms with Crippen LogP contribution in [0, 0.1) is 5.92 Å². The molecule has 1 aliphatic heterocycles. The van der Waals surface area contributed by atoms with Gasteiger partial charge in [0, 0.05) is 59.5 Å². The van der Waals surface area contributed by atoms with Gasteiger partial charge in [0.05, 0.1) is 12.1 Å². The Morgan fingerprint density at radius 3 is 2.61 bits per heavy atom. The maximum atomic E-state index is 5.72. The average Bonchev–Trinajstić information content (AvgIpc) is 2.56. The van der Waals surface area contributed by atoms with Gasteiger partial charge in [0.25, 0.3) is 0 Å². The van der Waals surface area contributed by atoms with Crippen molar-refractivity contribution in [1.29, 1.82) is 0 Å². The summed E-state index contributed by atoms with van der Waals surface area (Å²) in [5, 5.41) is 6.65. The van der Waals surface area contributed by atoms with E-state index < -0.39 is 0 Å². The lowest BCUT2D eigenvalue weighted by atomic mass is 9.94. The first kappa shape index (κ1) is 20.2. The Morgan fingerprint density at radius 2 is 2.00 bits per heavy atom. The minimum absolute atomic E-state index is 0.180. The van der Waals surface area contributed by atoms with Crippen molar-refractivity contribution in [2.75, 3.05) is 53.2 Å². The Balaban J connectivity index is 2.34. The summed E-state index contributed by atoms with van der Waals surface area (Å²) in [6.45, 7) is 11.9. The molecule has 0 aromatic carbocycles. The molecule has 1 heterocycles. The second kappa shape index (κ2) is 11.6. The van der Waals surface area contributed by atoms with Crippen LogP contribution < -0.4 is 10.6 Å². The van der Waals surface area contributed by atoms with Crippen molar-refractivity contribution >= 4 is 5.96 Å². The fraction of sp³-hybridized carbons (Fsp3) is 0.941. The van der Waals surface area contributed by atoms with Crippen molar-refractivity contribution in [2.45, 2.75) is 45.6 Å². The summed E-state index contributed by atoms with van der Waals surface area (Å²) in [5.41, 5.74) is -0.180. The number of ether oxygens (including phenoxy) is 3. The van der Waals surface area contributed by atoms with E-state index in [0.29, 0.717) is 12.5 Å². The lowest BCUT2D eigenvalue weighted by Gasteiger charge is -2.34. The quantitative estimate of drug-likeness (QED) is 0.363. The predicted molar refractivity (Wildman–Crippen MR) is 94.0 cm³/mol. The molecule has 0 amide bonds. The van der Waals surface area contributed by atoms with Crippen LogP contribution in [0.25, 0.3) is 0 Å². The zero-order valence-corrected chi connectivity index (χ0v) is 15.3. The minimum Gasteiger partial charge on any atom is -0.381 e. The Labute approximate surface area is 141 Å². The summed E-state index contributed by atoms with van der Waals surface area (Å²) >= 11 is 0. The van der Waals surface area contributed by atoms with Crippen LogP contribution in [0.3, 0.4) is 0 Å². The zero-order chi connectivity index (χ0) is 17.0. The zero-order valence-electron chi connectivity index (χ0n) is 15.3. The number of nitrogens with one attached hydrogen (secondary N) is 2. The highest BCUT2D eigenvalue weighted by molar-refractivity contribution is 5.79. The Hall–Kier alpha value is -0.850. The van der Waals surface area contributed by atoms with Gasteiger partial charge in [-0.2, -0.15) is 0 Å². The summed E-state index contributed by atoms with van der Waals surface area (Å²) in [6.07, 6.45) is 2.77. The van der Waals surface area contributed by atoms with E-state index in [1.165, 1.54) is 0 Å². The highest BCUT2D eigenvalue weighted by Gasteiger charge is 2.32. The third-order valence-corrected chi connectivity index (χ3v) is 3.92. The van der Waals surface area contributed by atoms with Crippen molar-refractivity contribution in [3.8, 4) is 0 Å². The molecule has 0 atom stereocenters. The van der Waals surface area contributed by atoms with Crippen LogP contribution in [-0.4, -0.2) is 64.7 Å². The predicted octanol–water partition coefficient (Wildman–Crippen LogP) is 1.80. The van der Waals surface area contributed by atoms with Gasteiger partial charge in [-0.3, -0.25) is 4.99 Å². The molecule has 136 valence electrons. The third-order valence-electron chi connectivity index (χ3n) is 3.92. The van der Waals surface area contributed by atoms with Crippen molar-refractivity contribution < 1.29 is 14.2 Å². The Morgan fingerprint density at radius 1 is 1.26 bits per heavy atom. The summed E-state index contributed by atoms with van der Waals surface area (Å²) in [7, 11) is 1.77. The van der Waals surface area contributed by atoms with E-state index in [0.717, 1.165) is 64.7 Å². The largest absolute Gasteiger partial charge is 0.381 e. The maximum Gasteiger partial charge on any atom is 0.191 e. The standard InChI is InChI=1S/C17H35N3O3/c1-5-18-16(19-9-6-10-23-13-15(2)3)20-14-17(21-4)7-11-22-12-8-17/h15H,5-14H2,1-4H3,(H2,18,19,20). The topological polar surface area (TPSA) is 64.1 Å². The van der Waals surface area contributed by atoms with E-state index in [4.69, 9.17) is 19.2 Å². The fourth-order valence-electron chi connectivity index (χ4n) is 2.44. The second-order valence-electron chi connectivity index (χ2n) is 6.44. The van der Waals surface area contributed by atoms with E-state index in [-0.39, 0.29) is 5.60 Å². The lowest BCUT2D eigenvalue weighted by molar-refractivity contribution is -0.0828. The molecule has 0 bridgehead atoms. The second-order valence-corrected chi connectivity index (χ2v) is 6.44. The van der Waals surface area contributed by atoms with Crippen LogP contribution in [0.15, 0.2) is 4.99 Å². The van der Waals surface area contributed by atoms with Crippen molar-refractivity contribution in [3.63, 3.8) is 0 Å². The first-order chi connectivity index (χ1) is 11.1. The third kappa shape index (κ3) is 8.53. The normalized spacial score (nSPS) is 18.2. The molecule has 0 aromatic heterocycles. The van der Waals surface area contributed by atoms with Gasteiger partial charge in [-0.05, 0) is 19.3 Å². The molecule has 6 heteroatoms. The number of rotatable bonds is 10. The molecule has 0 radical (unpaired) electrons. The molecule has 0 unspecified atom stereocenters. The summed E-state index contributed by atoms with van der Waals surface area (Å²) in [6, 6.07) is 0. The van der Waals surface area contributed by atoms with Gasteiger partial charge in [0.1, 0.15) is 0 Å². The van der Waals surface area contributed by atoms with E-state index in [1.807, 2.05) is 0 Å². The first-order valence-corrected chi connectivity index (χ1v) is 8.84. The maximum absolute atomic E-state index is 5.72. The molecule has 0 spiro atoms. The molecule has 2 N–H and O–H groups in total. The SMILES string of the molecule is CCNC(=NCC1(OC)CCOCC1)NCCCOCC(C)C. The molecule has 1 aliphatic rings. The molecule has 0 aliphatic carbocycles. The van der Waals surface area contributed by atoms with Crippen LogP contribution in [0.5, 0.6) is 0 Å². The van der Waals surface area contributed by atoms with Crippen LogP contribution in [-0.2, 0) is 14.2 Å². The van der Waals surface area contributed by atoms with Crippen LogP contribution in [0.4, 0.5) is 0 Å². The van der Waals surface area contributed by atoms with Gasteiger partial charge >= 0.3 is 0 Å². The van der Waals surface area contributed by atoms with Gasteiger partial charge in [0.15, 0.2) is 5.96 Å². The van der Waals surface area contributed by atoms with E-state index in [1.54, 1.807) is 7.11 Å². The highest BCUT2D eigenvalue weighted by Crippen LogP contribution is 2.24. The summed E-state index contributed by atoms with van der Waals surface area (Å²) in [5.74, 6) is 1.44. The number of hydrogen-bond acceptors (Lipinski definition) is 4. The molecule has 0 saturated carbocycles. The van der Waals surface area contributed by atoms with Gasteiger partial charge in [-0.1, -0.05) is 13.8 Å². The monoisotopic (exact) mass is 329 g/mol. The van der Waals surface area contributed by atoms with Crippen molar-refractivity contribution in [3.05, 3.63) is 0 Å². The molecule has 23 heavy (non-hydrogen) atoms. The number of aliphatic imine (C=N–C) groups is 1. The molecule has 1 saturated heterocycles. The average molecular weight is 329 g/mol. The fourth-order valence-corrected chi connectivity index (χ4v) is 2.44. The Bertz CT molecular complexity index is 329. The summed E-state index contributed by atoms with van der Waals surface area (Å²) in [4.78, 5) is 4.70. The lowest BCUT2D eigenvalue weighted by Crippen LogP contribution is -2.44. The van der Waals surface area contributed by atoms with Crippen molar-refractivity contribution in [1.82, 2.24) is 10.6 Å². The number of hydrogen-bond donors (Lipinski definition) is 2. The number of nitrogens with zero attached hydrogens (tertiary/aromatic N) is 1. The number of guanidine groups is 1. The summed E-state index contributed by atoms with van der Waals surface area (Å²) < 4.78 is 16.7. The van der Waals surface area contributed by atoms with Crippen molar-refractivity contribution in [2.24, 2.45) is 10.9 Å². The highest BCUT2D eigenvalue weighted by atomic mass is 16.5. The van der Waals surface area contributed by atoms with E-state index >= 15 is 0 Å². The van der Waals surface area contributed by atoms with Crippen LogP contribution >= 0.6 is 0 Å². The van der Waals surface area contributed by atoms with E-state index in [9.17, 15) is 0 Å². The first-order valence-electron chi connectivity index (χ1n) is 8.84. The molecule has 6 nitrogen and oxygen atoms in total. The molecule has 1 rings (SSSR count). The number of methoxy groups -OCH3 is 1. The van der Waals surface area contributed by atoms with Gasteiger partial charge < -0.3 is 24.8 Å². The van der Waals surface area contributed by atoms with Crippen LogP contribution in [0.2, 0.25) is 0 Å². The smallest absolute Gasteiger partial charge is 0.191 e. The van der Waals surface area contributed by atoms with Gasteiger partial charge in [0.2, 0.25) is 0 Å². The van der Waals surface area contributed by atoms with Crippen LogP contribution in [0.1, 0.15) is 40.0 Å². The molecule has 0 aromatic rings. The molecular weight excluding hydrogens is 294 g/mol. The molecule has 1 fully saturated rings.